The smallest absolute Gasteiger partial charge is 0.277 e. The Kier molecular flexibility index (Phi) is 5.56. The van der Waals surface area contributed by atoms with Crippen molar-refractivity contribution in [3.63, 3.8) is 0 Å². The van der Waals surface area contributed by atoms with E-state index >= 15 is 0 Å². The number of carbonyl (C=O) groups is 1. The molecule has 0 radical (unpaired) electrons. The molecule has 0 aliphatic rings. The number of halogens is 1. The van der Waals surface area contributed by atoms with Crippen molar-refractivity contribution >= 4 is 11.7 Å². The van der Waals surface area contributed by atoms with Gasteiger partial charge in [-0.1, -0.05) is 29.8 Å². The second kappa shape index (κ2) is 8.60. The van der Waals surface area contributed by atoms with E-state index in [0.29, 0.717) is 18.1 Å². The van der Waals surface area contributed by atoms with Crippen LogP contribution in [0.5, 0.6) is 5.75 Å². The van der Waals surface area contributed by atoms with E-state index in [4.69, 9.17) is 4.74 Å². The van der Waals surface area contributed by atoms with Crippen LogP contribution in [0.4, 0.5) is 10.2 Å². The summed E-state index contributed by atoms with van der Waals surface area (Å²) in [6.07, 6.45) is 3.45. The molecule has 8 heteroatoms. The molecule has 4 rings (SSSR count). The first-order valence-corrected chi connectivity index (χ1v) is 9.37. The van der Waals surface area contributed by atoms with Crippen LogP contribution < -0.4 is 10.1 Å². The van der Waals surface area contributed by atoms with Gasteiger partial charge in [0.05, 0.1) is 6.54 Å². The molecule has 0 bridgehead atoms. The van der Waals surface area contributed by atoms with E-state index < -0.39 is 0 Å². The predicted molar refractivity (Wildman–Crippen MR) is 110 cm³/mol. The number of anilines is 1. The number of nitrogens with one attached hydrogen (secondary N) is 1. The third-order valence-electron chi connectivity index (χ3n) is 4.36. The second-order valence-corrected chi connectivity index (χ2v) is 6.81. The first-order valence-electron chi connectivity index (χ1n) is 9.37. The van der Waals surface area contributed by atoms with E-state index in [0.717, 1.165) is 5.56 Å². The molecule has 2 aromatic heterocycles. The second-order valence-electron chi connectivity index (χ2n) is 6.81. The van der Waals surface area contributed by atoms with Crippen LogP contribution >= 0.6 is 0 Å². The number of nitrogens with zero attached hydrogens (tertiary/aromatic N) is 4. The van der Waals surface area contributed by atoms with Gasteiger partial charge in [-0.2, -0.15) is 10.2 Å². The van der Waals surface area contributed by atoms with Crippen LogP contribution in [0, 0.1) is 12.7 Å². The van der Waals surface area contributed by atoms with Crippen molar-refractivity contribution in [2.75, 3.05) is 5.32 Å². The molecule has 7 nitrogen and oxygen atoms in total. The molecule has 0 spiro atoms. The summed E-state index contributed by atoms with van der Waals surface area (Å²) in [7, 11) is 0. The molecule has 4 aromatic rings. The van der Waals surface area contributed by atoms with Crippen LogP contribution in [-0.2, 0) is 13.3 Å². The number of carbonyl (C=O) groups excluding carboxylic acids is 1. The topological polar surface area (TPSA) is 74.0 Å². The van der Waals surface area contributed by atoms with E-state index in [1.807, 2.05) is 31.3 Å². The number of aryl methyl sites for hydroxylation is 1. The molecular weight excluding hydrogens is 385 g/mol. The first kappa shape index (κ1) is 19.4. The highest BCUT2D eigenvalue weighted by atomic mass is 19.1. The average molecular weight is 405 g/mol. The minimum absolute atomic E-state index is 0.101. The fourth-order valence-corrected chi connectivity index (χ4v) is 2.92. The Bertz CT molecular complexity index is 1150. The highest BCUT2D eigenvalue weighted by Crippen LogP contribution is 2.12. The largest absolute Gasteiger partial charge is 0.471 e. The van der Waals surface area contributed by atoms with Gasteiger partial charge in [-0.25, -0.2) is 9.07 Å². The molecule has 152 valence electrons. The molecule has 0 unspecified atom stereocenters. The average Bonchev–Trinajstić information content (AvgIpc) is 3.37. The summed E-state index contributed by atoms with van der Waals surface area (Å²) in [4.78, 5) is 12.4. The molecule has 1 amide bonds. The molecular formula is C22H20FN5O2. The molecule has 0 aliphatic heterocycles. The number of hydrogen-bond donors (Lipinski definition) is 1. The molecule has 0 aliphatic carbocycles. The van der Waals surface area contributed by atoms with Crippen LogP contribution in [0.25, 0.3) is 0 Å². The van der Waals surface area contributed by atoms with Crippen molar-refractivity contribution in [2.45, 2.75) is 20.2 Å². The van der Waals surface area contributed by atoms with Crippen LogP contribution in [0.3, 0.4) is 0 Å². The summed E-state index contributed by atoms with van der Waals surface area (Å²) in [5.41, 5.74) is 2.56. The maximum atomic E-state index is 12.9. The van der Waals surface area contributed by atoms with Gasteiger partial charge in [-0.3, -0.25) is 9.48 Å². The Balaban J connectivity index is 1.33. The van der Waals surface area contributed by atoms with Crippen molar-refractivity contribution < 1.29 is 13.9 Å². The minimum atomic E-state index is -0.365. The minimum Gasteiger partial charge on any atom is -0.471 e. The van der Waals surface area contributed by atoms with Crippen molar-refractivity contribution in [1.29, 1.82) is 0 Å². The van der Waals surface area contributed by atoms with E-state index in [-0.39, 0.29) is 24.1 Å². The van der Waals surface area contributed by atoms with Crippen molar-refractivity contribution in [3.05, 3.63) is 95.7 Å². The first-order chi connectivity index (χ1) is 14.5. The number of ether oxygens (including phenoxy) is 1. The summed E-state index contributed by atoms with van der Waals surface area (Å²) >= 11 is 0. The van der Waals surface area contributed by atoms with Gasteiger partial charge in [0.2, 0.25) is 0 Å². The number of rotatable bonds is 7. The van der Waals surface area contributed by atoms with Gasteiger partial charge in [0, 0.05) is 18.5 Å². The summed E-state index contributed by atoms with van der Waals surface area (Å²) in [6, 6.07) is 17.2. The third kappa shape index (κ3) is 4.91. The van der Waals surface area contributed by atoms with Crippen LogP contribution in [-0.4, -0.2) is 25.5 Å². The van der Waals surface area contributed by atoms with E-state index in [2.05, 4.69) is 21.6 Å². The lowest BCUT2D eigenvalue weighted by Crippen LogP contribution is -2.15. The van der Waals surface area contributed by atoms with Gasteiger partial charge < -0.3 is 10.1 Å². The van der Waals surface area contributed by atoms with Crippen LogP contribution in [0.15, 0.2) is 73.1 Å². The molecule has 1 N–H and O–H groups in total. The molecule has 0 atom stereocenters. The lowest BCUT2D eigenvalue weighted by molar-refractivity contribution is 0.101. The van der Waals surface area contributed by atoms with E-state index in [1.54, 1.807) is 23.0 Å². The van der Waals surface area contributed by atoms with E-state index in [9.17, 15) is 9.18 Å². The Hall–Kier alpha value is -3.94. The van der Waals surface area contributed by atoms with Gasteiger partial charge >= 0.3 is 0 Å². The summed E-state index contributed by atoms with van der Waals surface area (Å²) in [5, 5.41) is 11.3. The van der Waals surface area contributed by atoms with Crippen molar-refractivity contribution in [3.8, 4) is 5.75 Å². The number of aromatic nitrogens is 4. The zero-order chi connectivity index (χ0) is 20.9. The van der Waals surface area contributed by atoms with Crippen molar-refractivity contribution in [2.24, 2.45) is 0 Å². The molecule has 2 heterocycles. The van der Waals surface area contributed by atoms with Gasteiger partial charge in [0.15, 0.2) is 18.2 Å². The van der Waals surface area contributed by atoms with Gasteiger partial charge in [0.1, 0.15) is 11.6 Å². The Morgan fingerprint density at radius 3 is 2.63 bits per heavy atom. The molecule has 30 heavy (non-hydrogen) atoms. The highest BCUT2D eigenvalue weighted by Gasteiger charge is 2.12. The third-order valence-corrected chi connectivity index (χ3v) is 4.36. The van der Waals surface area contributed by atoms with Gasteiger partial charge in [0.25, 0.3) is 5.91 Å². The van der Waals surface area contributed by atoms with Crippen molar-refractivity contribution in [1.82, 2.24) is 19.6 Å². The summed E-state index contributed by atoms with van der Waals surface area (Å²) in [6.45, 7) is 2.76. The molecule has 2 aromatic carbocycles. The summed E-state index contributed by atoms with van der Waals surface area (Å²) in [5.74, 6) is 0.264. The fraction of sp³-hybridized carbons (Fsp3) is 0.136. The van der Waals surface area contributed by atoms with Gasteiger partial charge in [-0.15, -0.1) is 0 Å². The number of benzene rings is 2. The molecule has 0 saturated heterocycles. The van der Waals surface area contributed by atoms with Gasteiger partial charge in [-0.05, 0) is 42.8 Å². The maximum absolute atomic E-state index is 12.9. The number of amides is 1. The Morgan fingerprint density at radius 2 is 1.83 bits per heavy atom. The highest BCUT2D eigenvalue weighted by molar-refractivity contribution is 6.02. The standard InChI is InChI=1S/C22H20FN5O2/c1-16-3-2-4-17(13-16)14-27-12-10-21(26-27)24-22(29)20-9-11-28(25-20)15-30-19-7-5-18(23)6-8-19/h2-13H,14-15H2,1H3,(H,24,26,29). The van der Waals surface area contributed by atoms with Crippen LogP contribution in [0.2, 0.25) is 0 Å². The monoisotopic (exact) mass is 405 g/mol. The van der Waals surface area contributed by atoms with E-state index in [1.165, 1.54) is 34.5 Å². The SMILES string of the molecule is Cc1cccc(Cn2ccc(NC(=O)c3ccn(COc4ccc(F)cc4)n3)n2)c1. The normalized spacial score (nSPS) is 10.7. The lowest BCUT2D eigenvalue weighted by Gasteiger charge is -2.05. The fourth-order valence-electron chi connectivity index (χ4n) is 2.92. The molecule has 0 fully saturated rings. The molecule has 0 saturated carbocycles. The number of hydrogen-bond acceptors (Lipinski definition) is 4. The quantitative estimate of drug-likeness (QED) is 0.507. The zero-order valence-electron chi connectivity index (χ0n) is 16.3. The Morgan fingerprint density at radius 1 is 1.03 bits per heavy atom. The van der Waals surface area contributed by atoms with Crippen LogP contribution in [0.1, 0.15) is 21.6 Å². The predicted octanol–water partition coefficient (Wildman–Crippen LogP) is 3.86. The maximum Gasteiger partial charge on any atom is 0.277 e. The zero-order valence-corrected chi connectivity index (χ0v) is 16.3. The lowest BCUT2D eigenvalue weighted by atomic mass is 10.1. The summed E-state index contributed by atoms with van der Waals surface area (Å²) < 4.78 is 21.7. The Labute approximate surface area is 172 Å².